The molecule has 0 saturated carbocycles. The molecule has 1 unspecified atom stereocenters. The number of carbonyl (C=O) groups is 1. The summed E-state index contributed by atoms with van der Waals surface area (Å²) in [6.45, 7) is 4.02. The number of amides is 1. The van der Waals surface area contributed by atoms with Crippen LogP contribution in [0.2, 0.25) is 0 Å². The zero-order chi connectivity index (χ0) is 16.8. The van der Waals surface area contributed by atoms with Crippen molar-refractivity contribution in [3.05, 3.63) is 71.8 Å². The van der Waals surface area contributed by atoms with Crippen molar-refractivity contribution in [3.8, 4) is 0 Å². The summed E-state index contributed by atoms with van der Waals surface area (Å²) in [5.74, 6) is 0.208. The fraction of sp³-hybridized carbons (Fsp3) is 0.381. The maximum absolute atomic E-state index is 12.8. The van der Waals surface area contributed by atoms with E-state index in [0.29, 0.717) is 13.2 Å². The van der Waals surface area contributed by atoms with Gasteiger partial charge in [-0.2, -0.15) is 0 Å². The molecule has 126 valence electrons. The zero-order valence-corrected chi connectivity index (χ0v) is 14.2. The molecule has 0 bridgehead atoms. The molecule has 3 nitrogen and oxygen atoms in total. The molecule has 1 aliphatic heterocycles. The minimum Gasteiger partial charge on any atom is -0.376 e. The first-order valence-electron chi connectivity index (χ1n) is 8.73. The van der Waals surface area contributed by atoms with E-state index < -0.39 is 0 Å². The van der Waals surface area contributed by atoms with Gasteiger partial charge in [-0.15, -0.1) is 0 Å². The fourth-order valence-corrected chi connectivity index (χ4v) is 3.32. The summed E-state index contributed by atoms with van der Waals surface area (Å²) in [5.41, 5.74) is 2.34. The first kappa shape index (κ1) is 16.7. The number of rotatable bonds is 6. The summed E-state index contributed by atoms with van der Waals surface area (Å²) in [6, 6.07) is 20.5. The lowest BCUT2D eigenvalue weighted by Gasteiger charge is -2.36. The van der Waals surface area contributed by atoms with Gasteiger partial charge in [-0.25, -0.2) is 0 Å². The van der Waals surface area contributed by atoms with E-state index in [4.69, 9.17) is 4.74 Å². The van der Waals surface area contributed by atoms with E-state index >= 15 is 0 Å². The number of likely N-dealkylation sites (tertiary alicyclic amines) is 1. The van der Waals surface area contributed by atoms with E-state index in [0.717, 1.165) is 24.9 Å². The molecule has 0 N–H and O–H groups in total. The molecule has 0 aliphatic carbocycles. The van der Waals surface area contributed by atoms with Crippen molar-refractivity contribution in [2.75, 3.05) is 13.2 Å². The van der Waals surface area contributed by atoms with Crippen molar-refractivity contribution >= 4 is 5.91 Å². The van der Waals surface area contributed by atoms with E-state index in [9.17, 15) is 4.79 Å². The molecule has 2 aromatic carbocycles. The highest BCUT2D eigenvalue weighted by Crippen LogP contribution is 2.28. The monoisotopic (exact) mass is 323 g/mol. The average Bonchev–Trinajstić information content (AvgIpc) is 2.64. The third-order valence-corrected chi connectivity index (χ3v) is 4.76. The van der Waals surface area contributed by atoms with Crippen molar-refractivity contribution in [3.63, 3.8) is 0 Å². The van der Waals surface area contributed by atoms with Crippen LogP contribution in [0, 0.1) is 5.92 Å². The lowest BCUT2D eigenvalue weighted by atomic mass is 9.95. The first-order chi connectivity index (χ1) is 11.8. The highest BCUT2D eigenvalue weighted by molar-refractivity contribution is 5.80. The van der Waals surface area contributed by atoms with Crippen LogP contribution in [-0.4, -0.2) is 24.0 Å². The minimum absolute atomic E-state index is 0.0198. The number of benzene rings is 2. The van der Waals surface area contributed by atoms with Gasteiger partial charge >= 0.3 is 0 Å². The van der Waals surface area contributed by atoms with Gasteiger partial charge in [0.2, 0.25) is 5.91 Å². The van der Waals surface area contributed by atoms with Gasteiger partial charge in [0.25, 0.3) is 0 Å². The Balaban J connectivity index is 1.56. The molecule has 1 amide bonds. The first-order valence-corrected chi connectivity index (χ1v) is 8.73. The van der Waals surface area contributed by atoms with Crippen LogP contribution in [0.5, 0.6) is 0 Å². The molecule has 0 aromatic heterocycles. The summed E-state index contributed by atoms with van der Waals surface area (Å²) in [4.78, 5) is 14.8. The standard InChI is InChI=1S/C21H25NO2/c1-17(19-11-6-3-7-12-19)22-14-8-13-20(21(22)23)16-24-15-18-9-4-2-5-10-18/h2-7,9-12,17,20H,8,13-16H2,1H3/t17?,20-/m1/s1. The molecule has 1 saturated heterocycles. The maximum atomic E-state index is 12.8. The molecule has 1 heterocycles. The predicted molar refractivity (Wildman–Crippen MR) is 95.4 cm³/mol. The third-order valence-electron chi connectivity index (χ3n) is 4.76. The van der Waals surface area contributed by atoms with E-state index in [1.807, 2.05) is 53.4 Å². The molecule has 1 aliphatic rings. The van der Waals surface area contributed by atoms with Crippen LogP contribution >= 0.6 is 0 Å². The Bertz CT molecular complexity index is 641. The SMILES string of the molecule is CC(c1ccccc1)N1CCC[C@H](COCc2ccccc2)C1=O. The summed E-state index contributed by atoms with van der Waals surface area (Å²) in [7, 11) is 0. The normalized spacial score (nSPS) is 19.3. The van der Waals surface area contributed by atoms with Crippen LogP contribution in [0.3, 0.4) is 0 Å². The fourth-order valence-electron chi connectivity index (χ4n) is 3.32. The van der Waals surface area contributed by atoms with Gasteiger partial charge < -0.3 is 9.64 Å². The number of hydrogen-bond donors (Lipinski definition) is 0. The summed E-state index contributed by atoms with van der Waals surface area (Å²) >= 11 is 0. The highest BCUT2D eigenvalue weighted by atomic mass is 16.5. The average molecular weight is 323 g/mol. The smallest absolute Gasteiger partial charge is 0.228 e. The van der Waals surface area contributed by atoms with Crippen LogP contribution in [0.4, 0.5) is 0 Å². The molecule has 2 atom stereocenters. The van der Waals surface area contributed by atoms with Gasteiger partial charge in [-0.1, -0.05) is 60.7 Å². The number of hydrogen-bond acceptors (Lipinski definition) is 2. The molecular formula is C21H25NO2. The Morgan fingerprint density at radius 3 is 2.46 bits per heavy atom. The second-order valence-electron chi connectivity index (χ2n) is 6.46. The largest absolute Gasteiger partial charge is 0.376 e. The third kappa shape index (κ3) is 4.04. The van der Waals surface area contributed by atoms with Gasteiger partial charge in [0.05, 0.1) is 25.2 Å². The predicted octanol–water partition coefficient (Wildman–Crippen LogP) is 4.20. The van der Waals surface area contributed by atoms with Gasteiger partial charge in [-0.05, 0) is 30.9 Å². The molecular weight excluding hydrogens is 298 g/mol. The molecule has 3 heteroatoms. The summed E-state index contributed by atoms with van der Waals surface area (Å²) in [6.07, 6.45) is 1.97. The van der Waals surface area contributed by atoms with E-state index in [2.05, 4.69) is 19.1 Å². The second kappa shape index (κ2) is 8.11. The molecule has 2 aromatic rings. The Hall–Kier alpha value is -2.13. The quantitative estimate of drug-likeness (QED) is 0.797. The number of carbonyl (C=O) groups excluding carboxylic acids is 1. The van der Waals surface area contributed by atoms with Crippen LogP contribution in [0.1, 0.15) is 36.9 Å². The van der Waals surface area contributed by atoms with Gasteiger partial charge in [0.15, 0.2) is 0 Å². The lowest BCUT2D eigenvalue weighted by Crippen LogP contribution is -2.44. The maximum Gasteiger partial charge on any atom is 0.228 e. The minimum atomic E-state index is -0.0198. The Morgan fingerprint density at radius 1 is 1.08 bits per heavy atom. The molecule has 0 radical (unpaired) electrons. The van der Waals surface area contributed by atoms with Crippen LogP contribution in [0.15, 0.2) is 60.7 Å². The molecule has 24 heavy (non-hydrogen) atoms. The van der Waals surface area contributed by atoms with Crippen molar-refractivity contribution in [2.24, 2.45) is 5.92 Å². The Morgan fingerprint density at radius 2 is 1.75 bits per heavy atom. The number of ether oxygens (including phenoxy) is 1. The highest BCUT2D eigenvalue weighted by Gasteiger charge is 2.32. The number of piperidine rings is 1. The second-order valence-corrected chi connectivity index (χ2v) is 6.46. The topological polar surface area (TPSA) is 29.5 Å². The van der Waals surface area contributed by atoms with Crippen molar-refractivity contribution in [1.82, 2.24) is 4.90 Å². The van der Waals surface area contributed by atoms with E-state index in [-0.39, 0.29) is 17.9 Å². The summed E-state index contributed by atoms with van der Waals surface area (Å²) in [5, 5.41) is 0. The zero-order valence-electron chi connectivity index (χ0n) is 14.2. The van der Waals surface area contributed by atoms with Crippen LogP contribution < -0.4 is 0 Å². The van der Waals surface area contributed by atoms with Gasteiger partial charge in [0.1, 0.15) is 0 Å². The summed E-state index contributed by atoms with van der Waals surface area (Å²) < 4.78 is 5.82. The van der Waals surface area contributed by atoms with E-state index in [1.165, 1.54) is 5.56 Å². The van der Waals surface area contributed by atoms with Gasteiger partial charge in [0, 0.05) is 6.54 Å². The Kier molecular flexibility index (Phi) is 5.65. The molecule has 1 fully saturated rings. The molecule has 3 rings (SSSR count). The van der Waals surface area contributed by atoms with E-state index in [1.54, 1.807) is 0 Å². The molecule has 0 spiro atoms. The van der Waals surface area contributed by atoms with Crippen molar-refractivity contribution in [1.29, 1.82) is 0 Å². The van der Waals surface area contributed by atoms with Crippen molar-refractivity contribution in [2.45, 2.75) is 32.4 Å². The van der Waals surface area contributed by atoms with Crippen LogP contribution in [0.25, 0.3) is 0 Å². The van der Waals surface area contributed by atoms with Crippen LogP contribution in [-0.2, 0) is 16.1 Å². The Labute approximate surface area is 144 Å². The van der Waals surface area contributed by atoms with Crippen molar-refractivity contribution < 1.29 is 9.53 Å². The lowest BCUT2D eigenvalue weighted by molar-refractivity contribution is -0.143. The number of nitrogens with zero attached hydrogens (tertiary/aromatic N) is 1. The van der Waals surface area contributed by atoms with Gasteiger partial charge in [-0.3, -0.25) is 4.79 Å².